The average molecular weight is 438 g/mol. The molecule has 0 N–H and O–H groups in total. The Morgan fingerprint density at radius 2 is 1.29 bits per heavy atom. The first-order chi connectivity index (χ1) is 10.5. The van der Waals surface area contributed by atoms with Gasteiger partial charge in [-0.15, -0.1) is 0 Å². The Kier molecular flexibility index (Phi) is 5.42. The number of benzene rings is 2. The zero-order valence-electron chi connectivity index (χ0n) is 14.4. The fourth-order valence-electron chi connectivity index (χ4n) is 4.54. The van der Waals surface area contributed by atoms with E-state index >= 15 is 0 Å². The first kappa shape index (κ1) is 19.7. The SMILES string of the molecule is [CH3][Zr+2]([CH3])([CH3])([C]1=CC=CC1)[CH]1c2ccccc2-c2ccccc21.[Cl-].[Cl-]. The molecule has 125 valence electrons. The Bertz CT molecular complexity index is 779. The fraction of sp³-hybridized carbons (Fsp3) is 0.238. The van der Waals surface area contributed by atoms with E-state index in [1.54, 1.807) is 14.4 Å². The van der Waals surface area contributed by atoms with Gasteiger partial charge in [0.1, 0.15) is 0 Å². The standard InChI is InChI=1S/C13H9.C5H5.3CH3.2ClH.Zr/c1-3-7-12-10(5-1)9-11-6-2-4-8-13(11)12;1-2-4-5-3-1;;;;;;/h1-9H;1-3H,4H2;3*1H3;2*1H;/q;;;;;;;+2/p-2. The minimum Gasteiger partial charge on any atom is -1.00 e. The summed E-state index contributed by atoms with van der Waals surface area (Å²) in [4.78, 5) is 0. The van der Waals surface area contributed by atoms with Gasteiger partial charge in [-0.05, 0) is 0 Å². The molecule has 0 saturated heterocycles. The summed E-state index contributed by atoms with van der Waals surface area (Å²) in [7, 11) is 0. The molecule has 2 aromatic rings. The van der Waals surface area contributed by atoms with Gasteiger partial charge in [-0.2, -0.15) is 0 Å². The third kappa shape index (κ3) is 2.79. The van der Waals surface area contributed by atoms with E-state index in [0.717, 1.165) is 6.42 Å². The van der Waals surface area contributed by atoms with Gasteiger partial charge in [-0.3, -0.25) is 0 Å². The number of allylic oxidation sites excluding steroid dienone is 4. The van der Waals surface area contributed by atoms with Gasteiger partial charge >= 0.3 is 135 Å². The number of halogens is 2. The van der Waals surface area contributed by atoms with Gasteiger partial charge in [0, 0.05) is 0 Å². The molecule has 0 nitrogen and oxygen atoms in total. The van der Waals surface area contributed by atoms with Gasteiger partial charge in [0.2, 0.25) is 0 Å². The van der Waals surface area contributed by atoms with E-state index in [9.17, 15) is 0 Å². The Balaban J connectivity index is 0.00000104. The zero-order chi connectivity index (χ0) is 15.4. The summed E-state index contributed by atoms with van der Waals surface area (Å²) in [5.41, 5.74) is 6.05. The van der Waals surface area contributed by atoms with Crippen molar-refractivity contribution in [3.05, 3.63) is 81.2 Å². The average Bonchev–Trinajstić information content (AvgIpc) is 3.14. The monoisotopic (exact) mass is 435 g/mol. The summed E-state index contributed by atoms with van der Waals surface area (Å²) in [6.07, 6.45) is 8.16. The second-order valence-electron chi connectivity index (χ2n) is 8.19. The second-order valence-corrected chi connectivity index (χ2v) is 27.2. The third-order valence-corrected chi connectivity index (χ3v) is 18.8. The van der Waals surface area contributed by atoms with Crippen LogP contribution < -0.4 is 24.8 Å². The van der Waals surface area contributed by atoms with Crippen LogP contribution >= 0.6 is 0 Å². The smallest absolute Gasteiger partial charge is 1.00 e. The second kappa shape index (κ2) is 6.60. The van der Waals surface area contributed by atoms with Crippen LogP contribution in [0.1, 0.15) is 21.2 Å². The quantitative estimate of drug-likeness (QED) is 0.640. The molecule has 0 amide bonds. The fourth-order valence-corrected chi connectivity index (χ4v) is 15.8. The van der Waals surface area contributed by atoms with Gasteiger partial charge in [0.25, 0.3) is 0 Å². The van der Waals surface area contributed by atoms with Crippen LogP contribution in [0.15, 0.2) is 70.0 Å². The Morgan fingerprint density at radius 1 is 0.792 bits per heavy atom. The molecule has 0 bridgehead atoms. The van der Waals surface area contributed by atoms with E-state index in [2.05, 4.69) is 80.7 Å². The molecule has 2 aliphatic rings. The van der Waals surface area contributed by atoms with Crippen molar-refractivity contribution in [1.82, 2.24) is 0 Å². The molecule has 2 aromatic carbocycles. The molecule has 0 radical (unpaired) electrons. The molecule has 0 heterocycles. The van der Waals surface area contributed by atoms with Crippen molar-refractivity contribution in [3.63, 3.8) is 0 Å². The Hall–Kier alpha value is -0.617. The molecule has 2 aliphatic carbocycles. The molecule has 3 heteroatoms. The number of fused-ring (bicyclic) bond motifs is 3. The van der Waals surface area contributed by atoms with E-state index in [0.29, 0.717) is 3.63 Å². The molecule has 0 aliphatic heterocycles. The van der Waals surface area contributed by atoms with Crippen molar-refractivity contribution in [2.75, 3.05) is 0 Å². The molecule has 4 rings (SSSR count). The van der Waals surface area contributed by atoms with Gasteiger partial charge in [0.15, 0.2) is 0 Å². The molecular formula is C21H23Cl2Zr. The largest absolute Gasteiger partial charge is 1.00 e. The predicted octanol–water partition coefficient (Wildman–Crippen LogP) is 0.442. The summed E-state index contributed by atoms with van der Waals surface area (Å²) in [5.74, 6) is 0. The summed E-state index contributed by atoms with van der Waals surface area (Å²) < 4.78 is 10.2. The van der Waals surface area contributed by atoms with Crippen molar-refractivity contribution in [2.24, 2.45) is 0 Å². The number of rotatable bonds is 2. The predicted molar refractivity (Wildman–Crippen MR) is 93.2 cm³/mol. The van der Waals surface area contributed by atoms with Gasteiger partial charge in [-0.1, -0.05) is 0 Å². The normalized spacial score (nSPS) is 15.9. The van der Waals surface area contributed by atoms with E-state index in [-0.39, 0.29) is 24.8 Å². The van der Waals surface area contributed by atoms with Crippen LogP contribution in [0.4, 0.5) is 0 Å². The first-order valence-corrected chi connectivity index (χ1v) is 18.3. The van der Waals surface area contributed by atoms with E-state index in [1.165, 1.54) is 11.1 Å². The van der Waals surface area contributed by atoms with Crippen LogP contribution in [0, 0.1) is 0 Å². The number of hydrogen-bond acceptors (Lipinski definition) is 0. The first-order valence-electron chi connectivity index (χ1n) is 8.24. The zero-order valence-corrected chi connectivity index (χ0v) is 18.4. The van der Waals surface area contributed by atoms with Crippen LogP contribution in [-0.4, -0.2) is 0 Å². The van der Waals surface area contributed by atoms with E-state index < -0.39 is 18.8 Å². The molecule has 0 spiro atoms. The van der Waals surface area contributed by atoms with Crippen molar-refractivity contribution in [2.45, 2.75) is 23.9 Å². The van der Waals surface area contributed by atoms with Crippen LogP contribution in [0.3, 0.4) is 0 Å². The van der Waals surface area contributed by atoms with E-state index in [1.807, 2.05) is 0 Å². The third-order valence-electron chi connectivity index (χ3n) is 5.76. The molecule has 0 fully saturated rings. The maximum Gasteiger partial charge on any atom is -1.00 e. The summed E-state index contributed by atoms with van der Waals surface area (Å²) in [6.45, 7) is 0. The van der Waals surface area contributed by atoms with Crippen LogP contribution in [0.5, 0.6) is 0 Å². The van der Waals surface area contributed by atoms with Crippen molar-refractivity contribution in [3.8, 4) is 11.1 Å². The molecule has 0 unspecified atom stereocenters. The summed E-state index contributed by atoms with van der Waals surface area (Å²) >= 11 is -3.07. The van der Waals surface area contributed by atoms with Gasteiger partial charge in [-0.25, -0.2) is 0 Å². The molecule has 0 saturated carbocycles. The molecule has 0 aromatic heterocycles. The summed E-state index contributed by atoms with van der Waals surface area (Å²) in [6, 6.07) is 18.1. The molecular weight excluding hydrogens is 414 g/mol. The van der Waals surface area contributed by atoms with Gasteiger partial charge in [0.05, 0.1) is 0 Å². The van der Waals surface area contributed by atoms with Crippen LogP contribution in [0.2, 0.25) is 13.9 Å². The molecule has 0 atom stereocenters. The van der Waals surface area contributed by atoms with Crippen LogP contribution in [0.25, 0.3) is 11.1 Å². The number of hydrogen-bond donors (Lipinski definition) is 0. The van der Waals surface area contributed by atoms with E-state index in [4.69, 9.17) is 0 Å². The molecule has 24 heavy (non-hydrogen) atoms. The van der Waals surface area contributed by atoms with Crippen LogP contribution in [-0.2, 0) is 18.8 Å². The topological polar surface area (TPSA) is 0 Å². The van der Waals surface area contributed by atoms with Crippen molar-refractivity contribution >= 4 is 0 Å². The Labute approximate surface area is 159 Å². The van der Waals surface area contributed by atoms with Crippen molar-refractivity contribution in [1.29, 1.82) is 0 Å². The minimum absolute atomic E-state index is 0. The Morgan fingerprint density at radius 3 is 1.75 bits per heavy atom. The minimum atomic E-state index is -3.07. The summed E-state index contributed by atoms with van der Waals surface area (Å²) in [5, 5.41) is 0. The maximum absolute atomic E-state index is 3.07. The van der Waals surface area contributed by atoms with Crippen molar-refractivity contribution < 1.29 is 43.6 Å². The van der Waals surface area contributed by atoms with Gasteiger partial charge < -0.3 is 24.8 Å². The maximum atomic E-state index is 2.63.